The summed E-state index contributed by atoms with van der Waals surface area (Å²) < 4.78 is 6.48. The summed E-state index contributed by atoms with van der Waals surface area (Å²) in [5.41, 5.74) is 11.2. The maximum Gasteiger partial charge on any atom is 0.229 e. The van der Waals surface area contributed by atoms with Crippen LogP contribution in [0.2, 0.25) is 0 Å². The second-order valence-electron chi connectivity index (χ2n) is 15.6. The Hall–Kier alpha value is -8.68. The Kier molecular flexibility index (Phi) is 8.67. The first-order valence-electron chi connectivity index (χ1n) is 20.8. The van der Waals surface area contributed by atoms with E-state index in [1.165, 1.54) is 21.5 Å². The van der Waals surface area contributed by atoms with Crippen LogP contribution in [0.1, 0.15) is 0 Å². The molecule has 0 N–H and O–H groups in total. The average molecular weight is 807 g/mol. The van der Waals surface area contributed by atoms with E-state index < -0.39 is 0 Å². The fraction of sp³-hybridized carbons (Fsp3) is 0. The normalized spacial score (nSPS) is 11.5. The first-order chi connectivity index (χ1) is 31.2. The Morgan fingerprint density at radius 1 is 0.302 bits per heavy atom. The third-order valence-corrected chi connectivity index (χ3v) is 11.6. The number of pyridine rings is 1. The van der Waals surface area contributed by atoms with E-state index in [2.05, 4.69) is 84.9 Å². The average Bonchev–Trinajstić information content (AvgIpc) is 3.74. The topological polar surface area (TPSA) is 90.5 Å². The zero-order valence-corrected chi connectivity index (χ0v) is 33.7. The largest absolute Gasteiger partial charge is 0.434 e. The molecule has 12 aromatic rings. The van der Waals surface area contributed by atoms with Gasteiger partial charge < -0.3 is 4.42 Å². The minimum absolute atomic E-state index is 0.508. The highest BCUT2D eigenvalue weighted by Gasteiger charge is 2.20. The molecule has 8 aromatic carbocycles. The van der Waals surface area contributed by atoms with Crippen molar-refractivity contribution in [2.75, 3.05) is 0 Å². The number of aromatic nitrogens is 6. The van der Waals surface area contributed by atoms with Gasteiger partial charge in [-0.25, -0.2) is 29.9 Å². The maximum atomic E-state index is 6.48. The fourth-order valence-corrected chi connectivity index (χ4v) is 8.32. The molecule has 0 aliphatic heterocycles. The predicted octanol–water partition coefficient (Wildman–Crippen LogP) is 13.9. The van der Waals surface area contributed by atoms with Crippen molar-refractivity contribution in [3.05, 3.63) is 206 Å². The van der Waals surface area contributed by atoms with E-state index >= 15 is 0 Å². The van der Waals surface area contributed by atoms with Gasteiger partial charge in [-0.2, -0.15) is 0 Å². The van der Waals surface area contributed by atoms with Crippen molar-refractivity contribution in [1.82, 2.24) is 29.9 Å². The van der Waals surface area contributed by atoms with Crippen LogP contribution in [0.4, 0.5) is 0 Å². The van der Waals surface area contributed by atoms with Crippen LogP contribution in [-0.4, -0.2) is 29.9 Å². The second kappa shape index (κ2) is 15.1. The second-order valence-corrected chi connectivity index (χ2v) is 15.6. The summed E-state index contributed by atoms with van der Waals surface area (Å²) in [5, 5.41) is 5.62. The third-order valence-electron chi connectivity index (χ3n) is 11.6. The quantitative estimate of drug-likeness (QED) is 0.148. The lowest BCUT2D eigenvalue weighted by Crippen LogP contribution is -2.00. The van der Waals surface area contributed by atoms with Gasteiger partial charge in [0, 0.05) is 39.6 Å². The summed E-state index contributed by atoms with van der Waals surface area (Å²) in [6, 6.07) is 68.5. The highest BCUT2D eigenvalue weighted by atomic mass is 16.3. The molecule has 0 bridgehead atoms. The molecule has 294 valence electrons. The number of benzene rings is 8. The van der Waals surface area contributed by atoms with Gasteiger partial charge in [0.05, 0.1) is 5.39 Å². The molecule has 0 saturated heterocycles. The van der Waals surface area contributed by atoms with E-state index in [1.54, 1.807) is 0 Å². The van der Waals surface area contributed by atoms with E-state index in [0.717, 1.165) is 55.5 Å². The molecule has 12 rings (SSSR count). The number of furan rings is 1. The number of hydrogen-bond donors (Lipinski definition) is 0. The summed E-state index contributed by atoms with van der Waals surface area (Å²) in [6.45, 7) is 0. The van der Waals surface area contributed by atoms with Gasteiger partial charge in [-0.15, -0.1) is 0 Å². The van der Waals surface area contributed by atoms with Gasteiger partial charge in [-0.05, 0) is 68.6 Å². The summed E-state index contributed by atoms with van der Waals surface area (Å²) in [5.74, 6) is 2.33. The van der Waals surface area contributed by atoms with Crippen molar-refractivity contribution >= 4 is 43.7 Å². The van der Waals surface area contributed by atoms with Crippen LogP contribution in [0.25, 0.3) is 123 Å². The van der Waals surface area contributed by atoms with Gasteiger partial charge in [-0.1, -0.05) is 170 Å². The molecule has 0 unspecified atom stereocenters. The molecule has 4 aromatic heterocycles. The molecule has 0 spiro atoms. The van der Waals surface area contributed by atoms with Crippen LogP contribution in [0.3, 0.4) is 0 Å². The van der Waals surface area contributed by atoms with Crippen LogP contribution in [0, 0.1) is 0 Å². The Morgan fingerprint density at radius 2 is 0.794 bits per heavy atom. The summed E-state index contributed by atoms with van der Waals surface area (Å²) in [6.07, 6.45) is 1.87. The van der Waals surface area contributed by atoms with Crippen LogP contribution in [-0.2, 0) is 0 Å². The van der Waals surface area contributed by atoms with Crippen molar-refractivity contribution in [3.8, 4) is 79.1 Å². The number of nitrogens with zero attached hydrogens (tertiary/aromatic N) is 6. The molecule has 63 heavy (non-hydrogen) atoms. The smallest absolute Gasteiger partial charge is 0.229 e. The lowest BCUT2D eigenvalue weighted by atomic mass is 9.99. The van der Waals surface area contributed by atoms with Crippen LogP contribution in [0.15, 0.2) is 211 Å². The van der Waals surface area contributed by atoms with Crippen molar-refractivity contribution in [3.63, 3.8) is 0 Å². The fourth-order valence-electron chi connectivity index (χ4n) is 8.32. The van der Waals surface area contributed by atoms with E-state index in [0.29, 0.717) is 45.8 Å². The Bertz CT molecular complexity index is 3670. The summed E-state index contributed by atoms with van der Waals surface area (Å²) in [4.78, 5) is 30.2. The predicted molar refractivity (Wildman–Crippen MR) is 254 cm³/mol. The highest BCUT2D eigenvalue weighted by Crippen LogP contribution is 2.38. The van der Waals surface area contributed by atoms with Gasteiger partial charge in [0.1, 0.15) is 11.2 Å². The minimum Gasteiger partial charge on any atom is -0.434 e. The van der Waals surface area contributed by atoms with Crippen molar-refractivity contribution in [2.45, 2.75) is 0 Å². The number of rotatable bonds is 7. The Morgan fingerprint density at radius 3 is 1.48 bits per heavy atom. The van der Waals surface area contributed by atoms with Gasteiger partial charge in [-0.3, -0.25) is 0 Å². The monoisotopic (exact) mass is 806 g/mol. The van der Waals surface area contributed by atoms with Crippen LogP contribution in [0.5, 0.6) is 0 Å². The first kappa shape index (κ1) is 36.2. The van der Waals surface area contributed by atoms with Gasteiger partial charge in [0.2, 0.25) is 5.71 Å². The third kappa shape index (κ3) is 6.74. The van der Waals surface area contributed by atoms with Crippen molar-refractivity contribution < 1.29 is 4.42 Å². The maximum absolute atomic E-state index is 6.48. The van der Waals surface area contributed by atoms with E-state index in [1.807, 2.05) is 121 Å². The Balaban J connectivity index is 0.958. The first-order valence-corrected chi connectivity index (χ1v) is 20.8. The number of fused-ring (bicyclic) bond motifs is 5. The molecule has 7 heteroatoms. The molecule has 0 amide bonds. The van der Waals surface area contributed by atoms with Crippen molar-refractivity contribution in [2.24, 2.45) is 0 Å². The van der Waals surface area contributed by atoms with Crippen LogP contribution < -0.4 is 0 Å². The molecule has 0 aliphatic rings. The SMILES string of the molecule is c1ccc(-c2cccc(-c3nc(-c4ccccc4)nc(-c4ccc(-c5nc(-c6ccccc6)c6oc7ncc(-c8ccc9cc%10ccccc%10cc9c8)cc7c6n5)cc4)n3)c2)cc1. The lowest BCUT2D eigenvalue weighted by Gasteiger charge is -2.10. The molecule has 0 radical (unpaired) electrons. The van der Waals surface area contributed by atoms with Gasteiger partial charge in [0.25, 0.3) is 0 Å². The molecule has 0 fully saturated rings. The Labute approximate surface area is 362 Å². The van der Waals surface area contributed by atoms with Gasteiger partial charge in [0.15, 0.2) is 28.9 Å². The van der Waals surface area contributed by atoms with E-state index in [4.69, 9.17) is 34.3 Å². The van der Waals surface area contributed by atoms with Crippen LogP contribution >= 0.6 is 0 Å². The molecular formula is C56H34N6O. The zero-order chi connectivity index (χ0) is 41.7. The molecule has 7 nitrogen and oxygen atoms in total. The number of hydrogen-bond acceptors (Lipinski definition) is 7. The molecule has 0 saturated carbocycles. The standard InChI is InChI=1S/C56H34N6O/c1-4-13-35(14-5-1)40-21-12-22-45(30-40)55-61-53(37-17-8-3-9-18-37)60-54(62-55)39-25-23-38(24-26-39)52-58-49(36-15-6-2-7-16-36)51-50(59-52)48-33-47(34-57-56(48)63-51)44-28-27-43-29-41-19-10-11-20-42(41)31-46(43)32-44/h1-34H. The van der Waals surface area contributed by atoms with E-state index in [9.17, 15) is 0 Å². The molecule has 4 heterocycles. The molecule has 0 atom stereocenters. The zero-order valence-electron chi connectivity index (χ0n) is 33.7. The highest BCUT2D eigenvalue weighted by molar-refractivity contribution is 6.07. The van der Waals surface area contributed by atoms with E-state index in [-0.39, 0.29) is 0 Å². The van der Waals surface area contributed by atoms with Crippen molar-refractivity contribution in [1.29, 1.82) is 0 Å². The minimum atomic E-state index is 0.508. The molecule has 0 aliphatic carbocycles. The summed E-state index contributed by atoms with van der Waals surface area (Å²) in [7, 11) is 0. The summed E-state index contributed by atoms with van der Waals surface area (Å²) >= 11 is 0. The molecular weight excluding hydrogens is 773 g/mol. The van der Waals surface area contributed by atoms with Gasteiger partial charge >= 0.3 is 0 Å². The lowest BCUT2D eigenvalue weighted by molar-refractivity contribution is 0.653.